The summed E-state index contributed by atoms with van der Waals surface area (Å²) in [6, 6.07) is 4.48. The Labute approximate surface area is 400 Å². The molecule has 3 aliphatic rings. The van der Waals surface area contributed by atoms with E-state index in [2.05, 4.69) is 15.6 Å². The van der Waals surface area contributed by atoms with Crippen molar-refractivity contribution in [1.29, 1.82) is 0 Å². The number of hydrogen-bond donors (Lipinski definition) is 9. The number of ether oxygens (including phenoxy) is 1. The van der Waals surface area contributed by atoms with Gasteiger partial charge < -0.3 is 63.4 Å². The number of nitrogens with one attached hydrogen (secondary N) is 2. The number of carbonyl (C=O) groups excluding carboxylic acids is 5. The minimum absolute atomic E-state index is 0.0241. The fourth-order valence-electron chi connectivity index (χ4n) is 8.24. The number of carbonyl (C=O) groups is 8. The van der Waals surface area contributed by atoms with Gasteiger partial charge in [0.1, 0.15) is 30.8 Å². The van der Waals surface area contributed by atoms with Crippen molar-refractivity contribution in [2.24, 2.45) is 39.3 Å². The topological polar surface area (TPSA) is 400 Å². The Morgan fingerprint density at radius 1 is 0.928 bits per heavy atom. The molecule has 25 nitrogen and oxygen atoms in total. The predicted molar refractivity (Wildman–Crippen MR) is 249 cm³/mol. The highest BCUT2D eigenvalue weighted by atomic mass is 16.7. The maximum Gasteiger partial charge on any atom is 0.469 e. The number of primary amides is 1. The van der Waals surface area contributed by atoms with Crippen molar-refractivity contribution in [2.45, 2.75) is 148 Å². The molecule has 0 aliphatic carbocycles. The first-order valence-electron chi connectivity index (χ1n) is 22.9. The van der Waals surface area contributed by atoms with Crippen LogP contribution in [0.1, 0.15) is 111 Å². The molecule has 3 fully saturated rings. The zero-order chi connectivity index (χ0) is 52.2. The second kappa shape index (κ2) is 27.4. The standard InChI is InChI=1S/C23H34N6O7.C16H28N4O5.C5H9NO2/c1-22(2,3)23(12-8-13-26-20(24)25,19(32)27-14-7-11-17(27)18(30)31)28(29(34)35)21(33)36-15-16-9-5-4-6-10-16;1-3-9(2)13(19-14(22)10(17)6-7-12(18)21)15(23)20-8-4-5-11(20)16(24)25;7-5(8)4-2-1-3-6-4/h4-6,9-10,17H,7-8,11-15H2,1-3H3,(H,30,31)(H4,24,25,26);9-11,13H,3-8,17H2,1-2H3,(H2,18,21)(H,19,22)(H,24,25);4,6H,1-3H2,(H,7,8)/t17-,23-;9-,10-,11-,13-;4-/m000/s1. The normalized spacial score (nSPS) is 19.7. The molecule has 1 aromatic rings. The molecule has 69 heavy (non-hydrogen) atoms. The van der Waals surface area contributed by atoms with Crippen molar-refractivity contribution in [3.8, 4) is 0 Å². The lowest BCUT2D eigenvalue weighted by Gasteiger charge is -2.46. The van der Waals surface area contributed by atoms with E-state index in [0.717, 1.165) is 24.3 Å². The average molecular weight is 978 g/mol. The van der Waals surface area contributed by atoms with Crippen molar-refractivity contribution < 1.29 is 63.4 Å². The molecule has 7 atom stereocenters. The lowest BCUT2D eigenvalue weighted by Crippen LogP contribution is -2.69. The summed E-state index contributed by atoms with van der Waals surface area (Å²) in [6.45, 7) is 9.52. The van der Waals surface area contributed by atoms with E-state index in [1.54, 1.807) is 51.1 Å². The van der Waals surface area contributed by atoms with E-state index < -0.39 is 87.8 Å². The molecule has 13 N–H and O–H groups in total. The zero-order valence-electron chi connectivity index (χ0n) is 40.0. The lowest BCUT2D eigenvalue weighted by atomic mass is 9.69. The molecule has 0 bridgehead atoms. The highest BCUT2D eigenvalue weighted by Gasteiger charge is 2.64. The fraction of sp³-hybridized carbons (Fsp3) is 0.659. The Hall–Kier alpha value is -6.63. The molecule has 25 heteroatoms. The first kappa shape index (κ1) is 58.5. The predicted octanol–water partition coefficient (Wildman–Crippen LogP) is 0.740. The van der Waals surface area contributed by atoms with Gasteiger partial charge >= 0.3 is 24.0 Å². The summed E-state index contributed by atoms with van der Waals surface area (Å²) in [5.74, 6) is -5.71. The van der Waals surface area contributed by atoms with Gasteiger partial charge in [-0.25, -0.2) is 24.5 Å². The molecule has 4 rings (SSSR count). The Bertz CT molecular complexity index is 1970. The number of amides is 5. The van der Waals surface area contributed by atoms with Crippen molar-refractivity contribution in [1.82, 2.24) is 25.4 Å². The van der Waals surface area contributed by atoms with E-state index in [-0.39, 0.29) is 74.7 Å². The van der Waals surface area contributed by atoms with Crippen LogP contribution in [0.15, 0.2) is 35.3 Å². The van der Waals surface area contributed by atoms with Gasteiger partial charge in [0.05, 0.1) is 6.04 Å². The molecular formula is C44H71N11O14. The van der Waals surface area contributed by atoms with Crippen LogP contribution in [0.4, 0.5) is 4.79 Å². The summed E-state index contributed by atoms with van der Waals surface area (Å²) < 4.78 is 5.28. The summed E-state index contributed by atoms with van der Waals surface area (Å²) in [5.41, 5.74) is 18.8. The monoisotopic (exact) mass is 978 g/mol. The zero-order valence-corrected chi connectivity index (χ0v) is 40.0. The quantitative estimate of drug-likeness (QED) is 0.0286. The maximum atomic E-state index is 14.1. The Balaban J connectivity index is 0.000000425. The molecule has 5 amide bonds. The molecule has 0 aromatic heterocycles. The summed E-state index contributed by atoms with van der Waals surface area (Å²) in [4.78, 5) is 115. The molecular weight excluding hydrogens is 907 g/mol. The number of hydrazine groups is 1. The van der Waals surface area contributed by atoms with Crippen LogP contribution in [0.25, 0.3) is 0 Å². The summed E-state index contributed by atoms with van der Waals surface area (Å²) in [7, 11) is 0. The number of hydrogen-bond acceptors (Lipinski definition) is 14. The number of guanidine groups is 1. The van der Waals surface area contributed by atoms with E-state index in [1.165, 1.54) is 4.90 Å². The van der Waals surface area contributed by atoms with E-state index in [9.17, 15) is 58.7 Å². The number of nitrogens with zero attached hydrogens (tertiary/aromatic N) is 5. The lowest BCUT2D eigenvalue weighted by molar-refractivity contribution is -0.655. The molecule has 0 unspecified atom stereocenters. The van der Waals surface area contributed by atoms with Gasteiger partial charge in [0.15, 0.2) is 16.5 Å². The van der Waals surface area contributed by atoms with Crippen LogP contribution in [0.3, 0.4) is 0 Å². The number of aliphatic imine (C=N–C) groups is 1. The van der Waals surface area contributed by atoms with Gasteiger partial charge in [0.25, 0.3) is 5.91 Å². The highest BCUT2D eigenvalue weighted by Crippen LogP contribution is 2.43. The summed E-state index contributed by atoms with van der Waals surface area (Å²) >= 11 is 0. The second-order valence-electron chi connectivity index (χ2n) is 18.1. The third-order valence-corrected chi connectivity index (χ3v) is 12.3. The molecule has 3 heterocycles. The van der Waals surface area contributed by atoms with E-state index in [0.29, 0.717) is 37.8 Å². The van der Waals surface area contributed by atoms with Crippen molar-refractivity contribution in [3.63, 3.8) is 0 Å². The molecule has 3 aliphatic heterocycles. The SMILES string of the molecule is CC(C)(C)[C@](CCCN=C(N)N)(C(=O)N1CCC[C@H]1C(=O)O)N(C(=O)OCc1ccccc1)[N+](=O)[O-].CC[C@H](C)[C@H](NC(=O)[C@@H](N)CCC(N)=O)C(=O)N1CCC[C@H]1C(=O)O.O=C(O)[C@@H]1CCCN1. The second-order valence-corrected chi connectivity index (χ2v) is 18.1. The van der Waals surface area contributed by atoms with Gasteiger partial charge in [-0.2, -0.15) is 0 Å². The molecule has 3 saturated heterocycles. The molecule has 1 aromatic carbocycles. The van der Waals surface area contributed by atoms with E-state index in [4.69, 9.17) is 32.8 Å². The maximum absolute atomic E-state index is 14.1. The van der Waals surface area contributed by atoms with Crippen LogP contribution >= 0.6 is 0 Å². The van der Waals surface area contributed by atoms with Crippen LogP contribution < -0.4 is 33.6 Å². The smallest absolute Gasteiger partial charge is 0.469 e. The Morgan fingerprint density at radius 2 is 1.51 bits per heavy atom. The largest absolute Gasteiger partial charge is 0.480 e. The number of rotatable bonds is 20. The molecule has 0 spiro atoms. The number of benzene rings is 1. The average Bonchev–Trinajstić information content (AvgIpc) is 4.11. The third-order valence-electron chi connectivity index (χ3n) is 12.3. The first-order chi connectivity index (χ1) is 32.3. The van der Waals surface area contributed by atoms with Crippen LogP contribution in [-0.4, -0.2) is 151 Å². The minimum Gasteiger partial charge on any atom is -0.480 e. The minimum atomic E-state index is -2.10. The van der Waals surface area contributed by atoms with Crippen LogP contribution in [0, 0.1) is 21.4 Å². The van der Waals surface area contributed by atoms with Gasteiger partial charge in [-0.05, 0) is 80.8 Å². The summed E-state index contributed by atoms with van der Waals surface area (Å²) in [5, 5.41) is 44.4. The number of carboxylic acids is 3. The fourth-order valence-corrected chi connectivity index (χ4v) is 8.24. The Kier molecular flexibility index (Phi) is 23.2. The number of aliphatic carboxylic acids is 3. The van der Waals surface area contributed by atoms with Crippen molar-refractivity contribution >= 4 is 53.6 Å². The van der Waals surface area contributed by atoms with E-state index >= 15 is 0 Å². The van der Waals surface area contributed by atoms with Crippen LogP contribution in [-0.2, 0) is 44.9 Å². The number of nitrogens with two attached hydrogens (primary N) is 4. The van der Waals surface area contributed by atoms with Crippen LogP contribution in [0.2, 0.25) is 0 Å². The van der Waals surface area contributed by atoms with Crippen LogP contribution in [0.5, 0.6) is 0 Å². The Morgan fingerprint density at radius 3 is 1.97 bits per heavy atom. The van der Waals surface area contributed by atoms with E-state index in [1.807, 2.05) is 13.8 Å². The molecule has 0 radical (unpaired) electrons. The highest BCUT2D eigenvalue weighted by molar-refractivity contribution is 5.94. The van der Waals surface area contributed by atoms with Gasteiger partial charge in [0.2, 0.25) is 17.7 Å². The van der Waals surface area contributed by atoms with Gasteiger partial charge in [-0.3, -0.25) is 29.0 Å². The van der Waals surface area contributed by atoms with Gasteiger partial charge in [-0.1, -0.05) is 71.4 Å². The first-order valence-corrected chi connectivity index (χ1v) is 22.9. The number of nitro groups is 1. The summed E-state index contributed by atoms with van der Waals surface area (Å²) in [6.07, 6.45) is 2.65. The molecule has 0 saturated carbocycles. The number of likely N-dealkylation sites (tertiary alicyclic amines) is 2. The van der Waals surface area contributed by atoms with Gasteiger partial charge in [-0.15, -0.1) is 0 Å². The van der Waals surface area contributed by atoms with Crippen molar-refractivity contribution in [2.75, 3.05) is 26.2 Å². The van der Waals surface area contributed by atoms with Gasteiger partial charge in [0, 0.05) is 31.5 Å². The molecule has 386 valence electrons. The third kappa shape index (κ3) is 16.8. The number of carboxylic acid groups (broad SMARTS) is 3. The van der Waals surface area contributed by atoms with Crippen molar-refractivity contribution in [3.05, 3.63) is 46.0 Å².